The topological polar surface area (TPSA) is 53.4 Å². The van der Waals surface area contributed by atoms with E-state index >= 15 is 0 Å². The average Bonchev–Trinajstić information content (AvgIpc) is 2.87. The predicted molar refractivity (Wildman–Crippen MR) is 73.4 cm³/mol. The first-order valence-corrected chi connectivity index (χ1v) is 6.54. The van der Waals surface area contributed by atoms with Crippen molar-refractivity contribution in [2.24, 2.45) is 7.05 Å². The molecule has 0 saturated carbocycles. The molecule has 2 heterocycles. The predicted octanol–water partition coefficient (Wildman–Crippen LogP) is 2.18. The number of carbonyl (C=O) groups excluding carboxylic acids is 1. The van der Waals surface area contributed by atoms with E-state index in [4.69, 9.17) is 9.47 Å². The van der Waals surface area contributed by atoms with Crippen molar-refractivity contribution in [3.8, 4) is 11.5 Å². The zero-order chi connectivity index (χ0) is 14.1. The summed E-state index contributed by atoms with van der Waals surface area (Å²) in [5.41, 5.74) is 1.45. The van der Waals surface area contributed by atoms with Crippen LogP contribution in [-0.2, 0) is 7.05 Å². The fraction of sp³-hybridized carbons (Fsp3) is 0.333. The zero-order valence-corrected chi connectivity index (χ0v) is 11.5. The van der Waals surface area contributed by atoms with Gasteiger partial charge in [-0.05, 0) is 12.5 Å². The summed E-state index contributed by atoms with van der Waals surface area (Å²) in [6.07, 6.45) is 2.24. The number of hydrogen-bond donors (Lipinski definition) is 0. The maximum absolute atomic E-state index is 12.8. The SMILES string of the molecule is COc1cnn(C)c1C(=O)C1CCOc2ccccc21. The summed E-state index contributed by atoms with van der Waals surface area (Å²) in [5, 5.41) is 4.10. The second-order valence-corrected chi connectivity index (χ2v) is 4.78. The molecule has 1 aromatic heterocycles. The molecule has 0 fully saturated rings. The molecule has 1 aliphatic heterocycles. The highest BCUT2D eigenvalue weighted by Gasteiger charge is 2.31. The summed E-state index contributed by atoms with van der Waals surface area (Å²) in [6.45, 7) is 0.549. The lowest BCUT2D eigenvalue weighted by Crippen LogP contribution is -2.23. The van der Waals surface area contributed by atoms with Gasteiger partial charge in [0.15, 0.2) is 11.5 Å². The number of fused-ring (bicyclic) bond motifs is 1. The van der Waals surface area contributed by atoms with E-state index in [-0.39, 0.29) is 11.7 Å². The third kappa shape index (κ3) is 1.95. The normalized spacial score (nSPS) is 17.2. The molecule has 1 unspecified atom stereocenters. The number of nitrogens with zero attached hydrogens (tertiary/aromatic N) is 2. The second-order valence-electron chi connectivity index (χ2n) is 4.78. The van der Waals surface area contributed by atoms with Crippen LogP contribution < -0.4 is 9.47 Å². The Morgan fingerprint density at radius 3 is 3.05 bits per heavy atom. The summed E-state index contributed by atoms with van der Waals surface area (Å²) in [6, 6.07) is 7.68. The fourth-order valence-corrected chi connectivity index (χ4v) is 2.63. The lowest BCUT2D eigenvalue weighted by Gasteiger charge is -2.24. The van der Waals surface area contributed by atoms with Crippen molar-refractivity contribution < 1.29 is 14.3 Å². The van der Waals surface area contributed by atoms with Crippen LogP contribution in [-0.4, -0.2) is 29.3 Å². The molecule has 1 aromatic carbocycles. The Bertz CT molecular complexity index is 648. The summed E-state index contributed by atoms with van der Waals surface area (Å²) >= 11 is 0. The molecule has 2 aromatic rings. The maximum Gasteiger partial charge on any atom is 0.192 e. The highest BCUT2D eigenvalue weighted by molar-refractivity contribution is 6.02. The van der Waals surface area contributed by atoms with Crippen molar-refractivity contribution in [1.82, 2.24) is 9.78 Å². The van der Waals surface area contributed by atoms with E-state index in [0.29, 0.717) is 24.5 Å². The van der Waals surface area contributed by atoms with Gasteiger partial charge in [-0.1, -0.05) is 18.2 Å². The van der Waals surface area contributed by atoms with Crippen LogP contribution in [0.1, 0.15) is 28.4 Å². The molecule has 0 aliphatic carbocycles. The number of rotatable bonds is 3. The first-order valence-electron chi connectivity index (χ1n) is 6.54. The maximum atomic E-state index is 12.8. The minimum Gasteiger partial charge on any atom is -0.493 e. The zero-order valence-electron chi connectivity index (χ0n) is 11.5. The van der Waals surface area contributed by atoms with E-state index in [1.165, 1.54) is 0 Å². The lowest BCUT2D eigenvalue weighted by molar-refractivity contribution is 0.0920. The first kappa shape index (κ1) is 12.7. The third-order valence-corrected chi connectivity index (χ3v) is 3.63. The van der Waals surface area contributed by atoms with Gasteiger partial charge in [0.05, 0.1) is 25.8 Å². The molecule has 5 heteroatoms. The standard InChI is InChI=1S/C15H16N2O3/c1-17-14(13(19-2)9-16-17)15(18)11-7-8-20-12-6-4-3-5-10(11)12/h3-6,9,11H,7-8H2,1-2H3. The van der Waals surface area contributed by atoms with Crippen LogP contribution in [0.5, 0.6) is 11.5 Å². The van der Waals surface area contributed by atoms with Gasteiger partial charge in [0.25, 0.3) is 0 Å². The number of Topliss-reactive ketones (excluding diaryl/α,β-unsaturated/α-hetero) is 1. The van der Waals surface area contributed by atoms with Gasteiger partial charge in [0, 0.05) is 12.6 Å². The second kappa shape index (κ2) is 5.00. The summed E-state index contributed by atoms with van der Waals surface area (Å²) in [7, 11) is 3.30. The molecule has 20 heavy (non-hydrogen) atoms. The minimum atomic E-state index is -0.204. The fourth-order valence-electron chi connectivity index (χ4n) is 2.63. The van der Waals surface area contributed by atoms with Crippen molar-refractivity contribution in [3.05, 3.63) is 41.7 Å². The molecule has 3 rings (SSSR count). The highest BCUT2D eigenvalue weighted by atomic mass is 16.5. The quantitative estimate of drug-likeness (QED) is 0.804. The molecule has 0 spiro atoms. The molecule has 1 aliphatic rings. The molecule has 104 valence electrons. The van der Waals surface area contributed by atoms with Gasteiger partial charge in [0.2, 0.25) is 0 Å². The van der Waals surface area contributed by atoms with Gasteiger partial charge in [-0.3, -0.25) is 9.48 Å². The number of aryl methyl sites for hydroxylation is 1. The highest BCUT2D eigenvalue weighted by Crippen LogP contribution is 2.36. The van der Waals surface area contributed by atoms with Crippen LogP contribution in [0.4, 0.5) is 0 Å². The van der Waals surface area contributed by atoms with Crippen molar-refractivity contribution >= 4 is 5.78 Å². The number of methoxy groups -OCH3 is 1. The number of ketones is 1. The van der Waals surface area contributed by atoms with Crippen LogP contribution in [0.25, 0.3) is 0 Å². The number of benzene rings is 1. The van der Waals surface area contributed by atoms with Crippen molar-refractivity contribution in [2.45, 2.75) is 12.3 Å². The van der Waals surface area contributed by atoms with Gasteiger partial charge in [-0.2, -0.15) is 5.10 Å². The lowest BCUT2D eigenvalue weighted by atomic mass is 9.88. The van der Waals surface area contributed by atoms with Crippen LogP contribution >= 0.6 is 0 Å². The Labute approximate surface area is 117 Å². The van der Waals surface area contributed by atoms with E-state index in [1.807, 2.05) is 24.3 Å². The summed E-state index contributed by atoms with van der Waals surface area (Å²) < 4.78 is 12.4. The Balaban J connectivity index is 2.02. The molecule has 0 amide bonds. The smallest absolute Gasteiger partial charge is 0.192 e. The first-order chi connectivity index (χ1) is 9.72. The van der Waals surface area contributed by atoms with Crippen LogP contribution in [0.15, 0.2) is 30.5 Å². The number of ether oxygens (including phenoxy) is 2. The monoisotopic (exact) mass is 272 g/mol. The van der Waals surface area contributed by atoms with Crippen molar-refractivity contribution in [1.29, 1.82) is 0 Å². The number of carbonyl (C=O) groups is 1. The molecule has 1 atom stereocenters. The van der Waals surface area contributed by atoms with Gasteiger partial charge in [-0.25, -0.2) is 0 Å². The third-order valence-electron chi connectivity index (χ3n) is 3.63. The van der Waals surface area contributed by atoms with E-state index in [1.54, 1.807) is 25.0 Å². The minimum absolute atomic E-state index is 0.0256. The number of aromatic nitrogens is 2. The van der Waals surface area contributed by atoms with E-state index in [0.717, 1.165) is 11.3 Å². The molecule has 0 N–H and O–H groups in total. The van der Waals surface area contributed by atoms with Gasteiger partial charge < -0.3 is 9.47 Å². The number of hydrogen-bond acceptors (Lipinski definition) is 4. The largest absolute Gasteiger partial charge is 0.493 e. The van der Waals surface area contributed by atoms with E-state index in [2.05, 4.69) is 5.10 Å². The van der Waals surface area contributed by atoms with E-state index < -0.39 is 0 Å². The average molecular weight is 272 g/mol. The molecule has 0 radical (unpaired) electrons. The molecule has 0 bridgehead atoms. The summed E-state index contributed by atoms with van der Waals surface area (Å²) in [5.74, 6) is 1.13. The van der Waals surface area contributed by atoms with Crippen LogP contribution in [0.2, 0.25) is 0 Å². The van der Waals surface area contributed by atoms with E-state index in [9.17, 15) is 4.79 Å². The molecule has 0 saturated heterocycles. The van der Waals surface area contributed by atoms with Gasteiger partial charge in [0.1, 0.15) is 11.4 Å². The van der Waals surface area contributed by atoms with Crippen LogP contribution in [0.3, 0.4) is 0 Å². The molecule has 5 nitrogen and oxygen atoms in total. The van der Waals surface area contributed by atoms with Gasteiger partial charge >= 0.3 is 0 Å². The number of para-hydroxylation sites is 1. The Hall–Kier alpha value is -2.30. The van der Waals surface area contributed by atoms with Crippen molar-refractivity contribution in [3.63, 3.8) is 0 Å². The Kier molecular flexibility index (Phi) is 3.18. The Morgan fingerprint density at radius 2 is 2.25 bits per heavy atom. The van der Waals surface area contributed by atoms with Crippen LogP contribution in [0, 0.1) is 0 Å². The van der Waals surface area contributed by atoms with Crippen molar-refractivity contribution in [2.75, 3.05) is 13.7 Å². The molecular weight excluding hydrogens is 256 g/mol. The Morgan fingerprint density at radius 1 is 1.45 bits per heavy atom. The summed E-state index contributed by atoms with van der Waals surface area (Å²) in [4.78, 5) is 12.8. The van der Waals surface area contributed by atoms with Gasteiger partial charge in [-0.15, -0.1) is 0 Å². The molecular formula is C15H16N2O3.